The Morgan fingerprint density at radius 2 is 2.00 bits per heavy atom. The van der Waals surface area contributed by atoms with Gasteiger partial charge in [-0.05, 0) is 11.5 Å². The van der Waals surface area contributed by atoms with Gasteiger partial charge in [0.1, 0.15) is 10.5 Å². The first kappa shape index (κ1) is 13.5. The van der Waals surface area contributed by atoms with Gasteiger partial charge in [-0.2, -0.15) is 0 Å². The molecule has 0 spiro atoms. The Balaban J connectivity index is 2.02. The Labute approximate surface area is 124 Å². The van der Waals surface area contributed by atoms with Crippen LogP contribution < -0.4 is 0 Å². The quantitative estimate of drug-likeness (QED) is 0.848. The Morgan fingerprint density at radius 3 is 2.70 bits per heavy atom. The van der Waals surface area contributed by atoms with Crippen molar-refractivity contribution in [2.24, 2.45) is 0 Å². The summed E-state index contributed by atoms with van der Waals surface area (Å²) in [6.07, 6.45) is 0.874. The van der Waals surface area contributed by atoms with Crippen molar-refractivity contribution in [2.75, 3.05) is 6.61 Å². The summed E-state index contributed by atoms with van der Waals surface area (Å²) in [6.45, 7) is 5.71. The number of nitrogens with zero attached hydrogens (tertiary/aromatic N) is 1. The van der Waals surface area contributed by atoms with Crippen LogP contribution in [0.25, 0.3) is 11.4 Å². The van der Waals surface area contributed by atoms with Crippen LogP contribution in [0.3, 0.4) is 0 Å². The molecular weight excluding hydrogens is 268 g/mol. The average Bonchev–Trinajstić information content (AvgIpc) is 2.47. The topological polar surface area (TPSA) is 37.9 Å². The fourth-order valence-electron chi connectivity index (χ4n) is 2.42. The van der Waals surface area contributed by atoms with Crippen molar-refractivity contribution in [3.8, 4) is 11.4 Å². The van der Waals surface area contributed by atoms with Gasteiger partial charge in [-0.1, -0.05) is 50.3 Å². The highest BCUT2D eigenvalue weighted by Crippen LogP contribution is 2.23. The van der Waals surface area contributed by atoms with Crippen molar-refractivity contribution in [2.45, 2.75) is 32.8 Å². The van der Waals surface area contributed by atoms with Crippen molar-refractivity contribution >= 4 is 12.2 Å². The lowest BCUT2D eigenvalue weighted by molar-refractivity contribution is 0.108. The maximum absolute atomic E-state index is 5.44. The maximum Gasteiger partial charge on any atom is 0.139 e. The molecule has 1 aliphatic rings. The van der Waals surface area contributed by atoms with Gasteiger partial charge in [-0.3, -0.25) is 0 Å². The molecule has 0 saturated carbocycles. The van der Waals surface area contributed by atoms with E-state index in [4.69, 9.17) is 17.0 Å². The highest BCUT2D eigenvalue weighted by Gasteiger charge is 2.14. The summed E-state index contributed by atoms with van der Waals surface area (Å²) in [6, 6.07) is 8.52. The predicted octanol–water partition coefficient (Wildman–Crippen LogP) is 4.00. The second-order valence-electron chi connectivity index (χ2n) is 5.43. The molecule has 0 atom stereocenters. The zero-order chi connectivity index (χ0) is 14.1. The van der Waals surface area contributed by atoms with Crippen molar-refractivity contribution in [3.05, 3.63) is 45.7 Å². The van der Waals surface area contributed by atoms with Crippen molar-refractivity contribution in [1.82, 2.24) is 9.97 Å². The average molecular weight is 286 g/mol. The van der Waals surface area contributed by atoms with E-state index in [2.05, 4.69) is 48.1 Å². The molecule has 1 N–H and O–H groups in total. The molecule has 1 aliphatic heterocycles. The van der Waals surface area contributed by atoms with Crippen LogP contribution in [0.2, 0.25) is 0 Å². The standard InChI is InChI=1S/C16H18N2OS/c1-10(2)11-3-5-12(6-4-11)15-17-14-7-8-19-9-13(14)16(20)18-15/h3-6,10H,7-9H2,1-2H3,(H,17,18,20). The third-order valence-electron chi connectivity index (χ3n) is 3.70. The lowest BCUT2D eigenvalue weighted by Gasteiger charge is -2.17. The van der Waals surface area contributed by atoms with Gasteiger partial charge >= 0.3 is 0 Å². The molecular formula is C16H18N2OS. The number of fused-ring (bicyclic) bond motifs is 1. The minimum atomic E-state index is 0.538. The smallest absolute Gasteiger partial charge is 0.139 e. The van der Waals surface area contributed by atoms with Crippen molar-refractivity contribution in [3.63, 3.8) is 0 Å². The third-order valence-corrected chi connectivity index (χ3v) is 4.04. The summed E-state index contributed by atoms with van der Waals surface area (Å²) < 4.78 is 6.09. The lowest BCUT2D eigenvalue weighted by Crippen LogP contribution is -2.14. The van der Waals surface area contributed by atoms with Gasteiger partial charge in [0.2, 0.25) is 0 Å². The van der Waals surface area contributed by atoms with Crippen LogP contribution in [0.5, 0.6) is 0 Å². The number of hydrogen-bond acceptors (Lipinski definition) is 3. The molecule has 0 radical (unpaired) electrons. The Hall–Kier alpha value is -1.52. The SMILES string of the molecule is CC(C)c1ccc(-c2nc(=S)c3c([nH]2)CCOC3)cc1. The zero-order valence-corrected chi connectivity index (χ0v) is 12.6. The molecule has 1 aromatic carbocycles. The minimum absolute atomic E-state index is 0.538. The van der Waals surface area contributed by atoms with Crippen LogP contribution in [-0.2, 0) is 17.8 Å². The fourth-order valence-corrected chi connectivity index (χ4v) is 2.69. The lowest BCUT2D eigenvalue weighted by atomic mass is 10.0. The second kappa shape index (κ2) is 5.46. The molecule has 1 aromatic heterocycles. The summed E-state index contributed by atoms with van der Waals surface area (Å²) in [5, 5.41) is 0. The molecule has 0 aliphatic carbocycles. The molecule has 3 nitrogen and oxygen atoms in total. The minimum Gasteiger partial charge on any atom is -0.376 e. The summed E-state index contributed by atoms with van der Waals surface area (Å²) in [7, 11) is 0. The molecule has 4 heteroatoms. The van der Waals surface area contributed by atoms with Crippen LogP contribution in [0.15, 0.2) is 24.3 Å². The molecule has 0 fully saturated rings. The van der Waals surface area contributed by atoms with E-state index in [1.165, 1.54) is 11.3 Å². The van der Waals surface area contributed by atoms with Crippen LogP contribution in [0.1, 0.15) is 36.6 Å². The number of H-pyrrole nitrogens is 1. The van der Waals surface area contributed by atoms with E-state index in [1.54, 1.807) is 0 Å². The molecule has 0 amide bonds. The van der Waals surface area contributed by atoms with Gasteiger partial charge in [0.15, 0.2) is 0 Å². The highest BCUT2D eigenvalue weighted by atomic mass is 32.1. The van der Waals surface area contributed by atoms with Gasteiger partial charge in [-0.25, -0.2) is 4.98 Å². The Kier molecular flexibility index (Phi) is 3.68. The Bertz CT molecular complexity index is 674. The molecule has 2 aromatic rings. The van der Waals surface area contributed by atoms with E-state index in [1.807, 2.05) is 0 Å². The first-order chi connectivity index (χ1) is 9.65. The maximum atomic E-state index is 5.44. The van der Waals surface area contributed by atoms with Gasteiger partial charge in [-0.15, -0.1) is 0 Å². The molecule has 0 saturated heterocycles. The summed E-state index contributed by atoms with van der Waals surface area (Å²) in [5.41, 5.74) is 4.61. The number of ether oxygens (including phenoxy) is 1. The molecule has 104 valence electrons. The number of benzene rings is 1. The number of aromatic amines is 1. The molecule has 20 heavy (non-hydrogen) atoms. The molecule has 3 rings (SSSR count). The number of hydrogen-bond donors (Lipinski definition) is 1. The van der Waals surface area contributed by atoms with Crippen LogP contribution in [0.4, 0.5) is 0 Å². The first-order valence-electron chi connectivity index (χ1n) is 6.95. The Morgan fingerprint density at radius 1 is 1.25 bits per heavy atom. The normalized spacial score (nSPS) is 14.3. The van der Waals surface area contributed by atoms with E-state index in [0.717, 1.165) is 30.0 Å². The van der Waals surface area contributed by atoms with Gasteiger partial charge < -0.3 is 9.72 Å². The van der Waals surface area contributed by atoms with Gasteiger partial charge in [0, 0.05) is 23.2 Å². The second-order valence-corrected chi connectivity index (χ2v) is 5.81. The predicted molar refractivity (Wildman–Crippen MR) is 82.3 cm³/mol. The first-order valence-corrected chi connectivity index (χ1v) is 7.36. The molecule has 0 unspecified atom stereocenters. The third kappa shape index (κ3) is 2.53. The van der Waals surface area contributed by atoms with Crippen molar-refractivity contribution in [1.29, 1.82) is 0 Å². The number of nitrogens with one attached hydrogen (secondary N) is 1. The molecule has 0 bridgehead atoms. The van der Waals surface area contributed by atoms with Crippen LogP contribution in [0, 0.1) is 4.64 Å². The summed E-state index contributed by atoms with van der Waals surface area (Å²) >= 11 is 5.38. The van der Waals surface area contributed by atoms with Crippen molar-refractivity contribution < 1.29 is 4.74 Å². The summed E-state index contributed by atoms with van der Waals surface area (Å²) in [4.78, 5) is 7.92. The fraction of sp³-hybridized carbons (Fsp3) is 0.375. The monoisotopic (exact) mass is 286 g/mol. The van der Waals surface area contributed by atoms with E-state index in [9.17, 15) is 0 Å². The van der Waals surface area contributed by atoms with E-state index in [-0.39, 0.29) is 0 Å². The summed E-state index contributed by atoms with van der Waals surface area (Å²) in [5.74, 6) is 1.39. The number of aromatic nitrogens is 2. The van der Waals surface area contributed by atoms with E-state index < -0.39 is 0 Å². The molecule has 2 heterocycles. The van der Waals surface area contributed by atoms with Crippen LogP contribution >= 0.6 is 12.2 Å². The van der Waals surface area contributed by atoms with Gasteiger partial charge in [0.05, 0.1) is 13.2 Å². The van der Waals surface area contributed by atoms with E-state index in [0.29, 0.717) is 17.2 Å². The van der Waals surface area contributed by atoms with E-state index >= 15 is 0 Å². The largest absolute Gasteiger partial charge is 0.376 e. The zero-order valence-electron chi connectivity index (χ0n) is 11.8. The number of rotatable bonds is 2. The van der Waals surface area contributed by atoms with Crippen LogP contribution in [-0.4, -0.2) is 16.6 Å². The highest BCUT2D eigenvalue weighted by molar-refractivity contribution is 7.71. The van der Waals surface area contributed by atoms with Gasteiger partial charge in [0.25, 0.3) is 0 Å².